The quantitative estimate of drug-likeness (QED) is 0.879. The van der Waals surface area contributed by atoms with Gasteiger partial charge in [0, 0.05) is 20.2 Å². The molecule has 1 aliphatic rings. The lowest BCUT2D eigenvalue weighted by Crippen LogP contribution is -2.29. The first-order valence-corrected chi connectivity index (χ1v) is 6.10. The molecule has 2 heterocycles. The van der Waals surface area contributed by atoms with Crippen LogP contribution in [-0.2, 0) is 17.8 Å². The summed E-state index contributed by atoms with van der Waals surface area (Å²) < 4.78 is 7.75. The van der Waals surface area contributed by atoms with Crippen LogP contribution in [0.2, 0.25) is 0 Å². The Morgan fingerprint density at radius 3 is 2.89 bits per heavy atom. The summed E-state index contributed by atoms with van der Waals surface area (Å²) in [5.41, 5.74) is 1.11. The highest BCUT2D eigenvalue weighted by atomic mass is 16.5. The number of aromatic nitrogens is 3. The van der Waals surface area contributed by atoms with Crippen molar-refractivity contribution in [3.8, 4) is 0 Å². The maximum absolute atomic E-state index is 5.60. The van der Waals surface area contributed by atoms with Crippen molar-refractivity contribution in [1.29, 1.82) is 0 Å². The molecule has 0 amide bonds. The molecule has 1 aromatic carbocycles. The molecule has 5 heteroatoms. The molecule has 0 fully saturated rings. The van der Waals surface area contributed by atoms with E-state index in [4.69, 9.17) is 4.74 Å². The van der Waals surface area contributed by atoms with E-state index in [1.807, 2.05) is 18.2 Å². The monoisotopic (exact) mass is 244 g/mol. The van der Waals surface area contributed by atoms with Gasteiger partial charge in [-0.05, 0) is 5.56 Å². The Balaban J connectivity index is 2.00. The van der Waals surface area contributed by atoms with Crippen LogP contribution in [-0.4, -0.2) is 28.4 Å². The molecule has 0 saturated heterocycles. The van der Waals surface area contributed by atoms with Gasteiger partial charge in [0.25, 0.3) is 0 Å². The van der Waals surface area contributed by atoms with Crippen molar-refractivity contribution in [2.24, 2.45) is 0 Å². The highest BCUT2D eigenvalue weighted by Gasteiger charge is 2.23. The van der Waals surface area contributed by atoms with Gasteiger partial charge in [-0.15, -0.1) is 10.2 Å². The van der Waals surface area contributed by atoms with Crippen molar-refractivity contribution in [2.75, 3.05) is 13.7 Å². The molecule has 1 aliphatic heterocycles. The van der Waals surface area contributed by atoms with Crippen molar-refractivity contribution < 1.29 is 4.74 Å². The molecule has 1 unspecified atom stereocenters. The van der Waals surface area contributed by atoms with Crippen LogP contribution < -0.4 is 5.32 Å². The second kappa shape index (κ2) is 4.88. The summed E-state index contributed by atoms with van der Waals surface area (Å²) in [5.74, 6) is 1.87. The number of benzene rings is 1. The maximum atomic E-state index is 5.60. The van der Waals surface area contributed by atoms with Gasteiger partial charge in [0.1, 0.15) is 11.9 Å². The zero-order chi connectivity index (χ0) is 12.4. The van der Waals surface area contributed by atoms with Crippen molar-refractivity contribution >= 4 is 0 Å². The van der Waals surface area contributed by atoms with Crippen LogP contribution >= 0.6 is 0 Å². The van der Waals surface area contributed by atoms with E-state index >= 15 is 0 Å². The summed E-state index contributed by atoms with van der Waals surface area (Å²) in [6.07, 6.45) is -0.148. The number of hydrogen-bond donors (Lipinski definition) is 1. The first-order chi connectivity index (χ1) is 8.90. The maximum Gasteiger partial charge on any atom is 0.166 e. The zero-order valence-electron chi connectivity index (χ0n) is 10.3. The first kappa shape index (κ1) is 11.4. The van der Waals surface area contributed by atoms with Crippen molar-refractivity contribution in [3.63, 3.8) is 0 Å². The van der Waals surface area contributed by atoms with E-state index < -0.39 is 0 Å². The molecule has 0 bridgehead atoms. The Kier molecular flexibility index (Phi) is 3.08. The smallest absolute Gasteiger partial charge is 0.166 e. The molecular weight excluding hydrogens is 228 g/mol. The standard InChI is InChI=1S/C13H16N4O/c1-18-12(10-5-3-2-4-6-10)13-16-15-11-9-14-7-8-17(11)13/h2-6,12,14H,7-9H2,1H3. The molecule has 0 aliphatic carbocycles. The number of nitrogens with zero attached hydrogens (tertiary/aromatic N) is 3. The first-order valence-electron chi connectivity index (χ1n) is 6.10. The van der Waals surface area contributed by atoms with Gasteiger partial charge < -0.3 is 14.6 Å². The van der Waals surface area contributed by atoms with E-state index in [-0.39, 0.29) is 6.10 Å². The molecule has 0 radical (unpaired) electrons. The van der Waals surface area contributed by atoms with Crippen LogP contribution in [0.3, 0.4) is 0 Å². The number of fused-ring (bicyclic) bond motifs is 1. The molecule has 94 valence electrons. The van der Waals surface area contributed by atoms with Crippen molar-refractivity contribution in [2.45, 2.75) is 19.2 Å². The largest absolute Gasteiger partial charge is 0.369 e. The van der Waals surface area contributed by atoms with E-state index in [1.54, 1.807) is 7.11 Å². The summed E-state index contributed by atoms with van der Waals surface area (Å²) in [5, 5.41) is 11.8. The van der Waals surface area contributed by atoms with Gasteiger partial charge in [-0.3, -0.25) is 0 Å². The highest BCUT2D eigenvalue weighted by Crippen LogP contribution is 2.24. The lowest BCUT2D eigenvalue weighted by atomic mass is 10.1. The topological polar surface area (TPSA) is 52.0 Å². The van der Waals surface area contributed by atoms with Crippen LogP contribution in [0.25, 0.3) is 0 Å². The van der Waals surface area contributed by atoms with Crippen molar-refractivity contribution in [1.82, 2.24) is 20.1 Å². The normalized spacial score (nSPS) is 16.3. The third-order valence-electron chi connectivity index (χ3n) is 3.22. The van der Waals surface area contributed by atoms with Crippen LogP contribution in [0.1, 0.15) is 23.3 Å². The van der Waals surface area contributed by atoms with E-state index in [1.165, 1.54) is 0 Å². The van der Waals surface area contributed by atoms with Gasteiger partial charge in [0.05, 0.1) is 6.54 Å². The molecular formula is C13H16N4O. The van der Waals surface area contributed by atoms with E-state index in [2.05, 4.69) is 32.2 Å². The second-order valence-corrected chi connectivity index (χ2v) is 4.33. The number of methoxy groups -OCH3 is 1. The minimum atomic E-state index is -0.148. The minimum Gasteiger partial charge on any atom is -0.369 e. The Hall–Kier alpha value is -1.72. The minimum absolute atomic E-state index is 0.148. The van der Waals surface area contributed by atoms with Gasteiger partial charge in [-0.2, -0.15) is 0 Å². The molecule has 5 nitrogen and oxygen atoms in total. The van der Waals surface area contributed by atoms with Gasteiger partial charge in [0.2, 0.25) is 0 Å². The SMILES string of the molecule is COC(c1ccccc1)c1nnc2n1CCNC2. The number of hydrogen-bond acceptors (Lipinski definition) is 4. The molecule has 1 atom stereocenters. The molecule has 1 N–H and O–H groups in total. The van der Waals surface area contributed by atoms with E-state index in [9.17, 15) is 0 Å². The second-order valence-electron chi connectivity index (χ2n) is 4.33. The third-order valence-corrected chi connectivity index (χ3v) is 3.22. The van der Waals surface area contributed by atoms with Gasteiger partial charge >= 0.3 is 0 Å². The van der Waals surface area contributed by atoms with Crippen LogP contribution in [0.4, 0.5) is 0 Å². The third kappa shape index (κ3) is 1.91. The molecule has 0 saturated carbocycles. The molecule has 18 heavy (non-hydrogen) atoms. The summed E-state index contributed by atoms with van der Waals surface area (Å²) in [6.45, 7) is 2.62. The van der Waals surface area contributed by atoms with Gasteiger partial charge in [-0.25, -0.2) is 0 Å². The van der Waals surface area contributed by atoms with Crippen LogP contribution in [0.5, 0.6) is 0 Å². The Bertz CT molecular complexity index is 523. The highest BCUT2D eigenvalue weighted by molar-refractivity contribution is 5.23. The lowest BCUT2D eigenvalue weighted by molar-refractivity contribution is 0.124. The lowest BCUT2D eigenvalue weighted by Gasteiger charge is -2.20. The molecule has 3 rings (SSSR count). The van der Waals surface area contributed by atoms with Gasteiger partial charge in [-0.1, -0.05) is 30.3 Å². The fourth-order valence-corrected chi connectivity index (χ4v) is 2.33. The summed E-state index contributed by atoms with van der Waals surface area (Å²) >= 11 is 0. The van der Waals surface area contributed by atoms with Gasteiger partial charge in [0.15, 0.2) is 5.82 Å². The number of rotatable bonds is 3. The Morgan fingerprint density at radius 1 is 1.28 bits per heavy atom. The molecule has 0 spiro atoms. The van der Waals surface area contributed by atoms with Crippen LogP contribution in [0.15, 0.2) is 30.3 Å². The Morgan fingerprint density at radius 2 is 2.11 bits per heavy atom. The molecule has 1 aromatic heterocycles. The fraction of sp³-hybridized carbons (Fsp3) is 0.385. The van der Waals surface area contributed by atoms with Crippen molar-refractivity contribution in [3.05, 3.63) is 47.5 Å². The fourth-order valence-electron chi connectivity index (χ4n) is 2.33. The van der Waals surface area contributed by atoms with Crippen LogP contribution in [0, 0.1) is 0 Å². The number of nitrogens with one attached hydrogen (secondary N) is 1. The number of ether oxygens (including phenoxy) is 1. The summed E-state index contributed by atoms with van der Waals surface area (Å²) in [4.78, 5) is 0. The summed E-state index contributed by atoms with van der Waals surface area (Å²) in [6, 6.07) is 10.1. The summed E-state index contributed by atoms with van der Waals surface area (Å²) in [7, 11) is 1.71. The average Bonchev–Trinajstić information content (AvgIpc) is 2.85. The predicted octanol–water partition coefficient (Wildman–Crippen LogP) is 1.12. The molecule has 2 aromatic rings. The van der Waals surface area contributed by atoms with E-state index in [0.717, 1.165) is 36.8 Å². The zero-order valence-corrected chi connectivity index (χ0v) is 10.3. The van der Waals surface area contributed by atoms with E-state index in [0.29, 0.717) is 0 Å². The Labute approximate surface area is 106 Å². The average molecular weight is 244 g/mol. The predicted molar refractivity (Wildman–Crippen MR) is 67.0 cm³/mol.